The third-order valence-electron chi connectivity index (χ3n) is 3.20. The highest BCUT2D eigenvalue weighted by Gasteiger charge is 2.16. The van der Waals surface area contributed by atoms with E-state index >= 15 is 0 Å². The fraction of sp³-hybridized carbons (Fsp3) is 0.538. The SMILES string of the molecule is COc1cc(Cl)c(CC2CCCCN2)cc1Cl. The number of ether oxygens (including phenoxy) is 1. The quantitative estimate of drug-likeness (QED) is 0.907. The van der Waals surface area contributed by atoms with Crippen molar-refractivity contribution in [3.8, 4) is 5.75 Å². The van der Waals surface area contributed by atoms with Crippen molar-refractivity contribution in [1.82, 2.24) is 5.32 Å². The minimum atomic E-state index is 0.519. The number of nitrogens with one attached hydrogen (secondary N) is 1. The molecule has 0 amide bonds. The molecule has 2 rings (SSSR count). The van der Waals surface area contributed by atoms with Crippen molar-refractivity contribution in [2.75, 3.05) is 13.7 Å². The standard InChI is InChI=1S/C13H17Cl2NO/c1-17-13-8-11(14)9(7-12(13)15)6-10-4-2-3-5-16-10/h7-8,10,16H,2-6H2,1H3. The lowest BCUT2D eigenvalue weighted by atomic mass is 9.98. The van der Waals surface area contributed by atoms with Crippen molar-refractivity contribution in [3.05, 3.63) is 27.7 Å². The van der Waals surface area contributed by atoms with Crippen LogP contribution in [0.15, 0.2) is 12.1 Å². The normalized spacial score (nSPS) is 20.3. The van der Waals surface area contributed by atoms with Crippen LogP contribution in [0.2, 0.25) is 10.0 Å². The molecule has 1 heterocycles. The van der Waals surface area contributed by atoms with Gasteiger partial charge < -0.3 is 10.1 Å². The number of halogens is 2. The lowest BCUT2D eigenvalue weighted by molar-refractivity contribution is 0.398. The third kappa shape index (κ3) is 3.27. The van der Waals surface area contributed by atoms with Gasteiger partial charge in [-0.15, -0.1) is 0 Å². The molecule has 0 spiro atoms. The lowest BCUT2D eigenvalue weighted by Gasteiger charge is -2.24. The van der Waals surface area contributed by atoms with E-state index in [9.17, 15) is 0 Å². The minimum Gasteiger partial charge on any atom is -0.495 e. The second kappa shape index (κ2) is 5.94. The average Bonchev–Trinajstić information content (AvgIpc) is 2.34. The Labute approximate surface area is 112 Å². The van der Waals surface area contributed by atoms with Gasteiger partial charge >= 0.3 is 0 Å². The molecule has 0 aromatic heterocycles. The summed E-state index contributed by atoms with van der Waals surface area (Å²) in [7, 11) is 1.60. The van der Waals surface area contributed by atoms with Crippen LogP contribution in [0.25, 0.3) is 0 Å². The molecule has 17 heavy (non-hydrogen) atoms. The van der Waals surface area contributed by atoms with Gasteiger partial charge in [0.25, 0.3) is 0 Å². The Balaban J connectivity index is 2.12. The van der Waals surface area contributed by atoms with Gasteiger partial charge in [0, 0.05) is 17.1 Å². The molecule has 1 saturated heterocycles. The van der Waals surface area contributed by atoms with Gasteiger partial charge in [-0.1, -0.05) is 29.6 Å². The molecule has 0 bridgehead atoms. The van der Waals surface area contributed by atoms with Crippen LogP contribution in [0.5, 0.6) is 5.75 Å². The molecule has 0 radical (unpaired) electrons. The van der Waals surface area contributed by atoms with Crippen LogP contribution in [0.3, 0.4) is 0 Å². The predicted octanol–water partition coefficient (Wildman–Crippen LogP) is 3.69. The summed E-state index contributed by atoms with van der Waals surface area (Å²) in [5.74, 6) is 0.636. The number of benzene rings is 1. The van der Waals surface area contributed by atoms with Crippen molar-refractivity contribution >= 4 is 23.2 Å². The van der Waals surface area contributed by atoms with Crippen molar-refractivity contribution in [2.24, 2.45) is 0 Å². The maximum atomic E-state index is 6.23. The molecule has 1 aliphatic heterocycles. The minimum absolute atomic E-state index is 0.519. The molecule has 2 nitrogen and oxygen atoms in total. The Kier molecular flexibility index (Phi) is 4.55. The maximum absolute atomic E-state index is 6.23. The summed E-state index contributed by atoms with van der Waals surface area (Å²) in [5, 5.41) is 4.87. The number of piperidine rings is 1. The summed E-state index contributed by atoms with van der Waals surface area (Å²) in [6.07, 6.45) is 4.70. The van der Waals surface area contributed by atoms with Crippen LogP contribution in [0.1, 0.15) is 24.8 Å². The molecule has 0 saturated carbocycles. The molecular formula is C13H17Cl2NO. The predicted molar refractivity (Wildman–Crippen MR) is 72.4 cm³/mol. The van der Waals surface area contributed by atoms with Crippen molar-refractivity contribution in [2.45, 2.75) is 31.7 Å². The summed E-state index contributed by atoms with van der Waals surface area (Å²) in [4.78, 5) is 0. The fourth-order valence-corrected chi connectivity index (χ4v) is 2.74. The first-order chi connectivity index (χ1) is 8.20. The van der Waals surface area contributed by atoms with Gasteiger partial charge in [0.2, 0.25) is 0 Å². The first kappa shape index (κ1) is 13.0. The van der Waals surface area contributed by atoms with Gasteiger partial charge in [0.05, 0.1) is 12.1 Å². The Morgan fingerprint density at radius 2 is 2.12 bits per heavy atom. The zero-order valence-electron chi connectivity index (χ0n) is 9.93. The van der Waals surface area contributed by atoms with Crippen LogP contribution in [-0.4, -0.2) is 19.7 Å². The Hall–Kier alpha value is -0.440. The second-order valence-electron chi connectivity index (χ2n) is 4.43. The summed E-state index contributed by atoms with van der Waals surface area (Å²) in [5.41, 5.74) is 1.09. The summed E-state index contributed by atoms with van der Waals surface area (Å²) < 4.78 is 5.14. The molecule has 1 atom stereocenters. The van der Waals surface area contributed by atoms with E-state index in [1.54, 1.807) is 13.2 Å². The van der Waals surface area contributed by atoms with E-state index in [1.807, 2.05) is 6.07 Å². The third-order valence-corrected chi connectivity index (χ3v) is 3.85. The first-order valence-electron chi connectivity index (χ1n) is 5.96. The molecule has 4 heteroatoms. The van der Waals surface area contributed by atoms with Crippen molar-refractivity contribution in [1.29, 1.82) is 0 Å². The Bertz CT molecular complexity index is 389. The van der Waals surface area contributed by atoms with Crippen LogP contribution < -0.4 is 10.1 Å². The van der Waals surface area contributed by atoms with Gasteiger partial charge in [0.1, 0.15) is 5.75 Å². The first-order valence-corrected chi connectivity index (χ1v) is 6.71. The zero-order valence-corrected chi connectivity index (χ0v) is 11.4. The van der Waals surface area contributed by atoms with Crippen LogP contribution in [0, 0.1) is 0 Å². The van der Waals surface area contributed by atoms with Gasteiger partial charge in [0.15, 0.2) is 0 Å². The van der Waals surface area contributed by atoms with Gasteiger partial charge in [-0.2, -0.15) is 0 Å². The average molecular weight is 274 g/mol. The van der Waals surface area contributed by atoms with Gasteiger partial charge in [-0.05, 0) is 37.4 Å². The zero-order chi connectivity index (χ0) is 12.3. The fourth-order valence-electron chi connectivity index (χ4n) is 2.25. The van der Waals surface area contributed by atoms with E-state index in [0.717, 1.165) is 23.6 Å². The Morgan fingerprint density at radius 3 is 2.76 bits per heavy atom. The molecule has 1 N–H and O–H groups in total. The lowest BCUT2D eigenvalue weighted by Crippen LogP contribution is -2.35. The molecule has 1 aliphatic rings. The van der Waals surface area contributed by atoms with Crippen LogP contribution in [-0.2, 0) is 6.42 Å². The van der Waals surface area contributed by atoms with Gasteiger partial charge in [-0.25, -0.2) is 0 Å². The highest BCUT2D eigenvalue weighted by atomic mass is 35.5. The maximum Gasteiger partial charge on any atom is 0.138 e. The number of hydrogen-bond acceptors (Lipinski definition) is 2. The van der Waals surface area contributed by atoms with E-state index in [-0.39, 0.29) is 0 Å². The summed E-state index contributed by atoms with van der Waals surface area (Å²) >= 11 is 12.3. The van der Waals surface area contributed by atoms with Gasteiger partial charge in [-0.3, -0.25) is 0 Å². The van der Waals surface area contributed by atoms with Crippen molar-refractivity contribution in [3.63, 3.8) is 0 Å². The van der Waals surface area contributed by atoms with E-state index in [4.69, 9.17) is 27.9 Å². The molecule has 1 fully saturated rings. The molecule has 1 aromatic carbocycles. The molecule has 0 aliphatic carbocycles. The topological polar surface area (TPSA) is 21.3 Å². The molecule has 1 aromatic rings. The van der Waals surface area contributed by atoms with Crippen LogP contribution >= 0.6 is 23.2 Å². The van der Waals surface area contributed by atoms with E-state index < -0.39 is 0 Å². The summed E-state index contributed by atoms with van der Waals surface area (Å²) in [6, 6.07) is 4.23. The number of hydrogen-bond donors (Lipinski definition) is 1. The molecular weight excluding hydrogens is 257 g/mol. The van der Waals surface area contributed by atoms with Crippen molar-refractivity contribution < 1.29 is 4.74 Å². The second-order valence-corrected chi connectivity index (χ2v) is 5.24. The van der Waals surface area contributed by atoms with Crippen LogP contribution in [0.4, 0.5) is 0 Å². The largest absolute Gasteiger partial charge is 0.495 e. The summed E-state index contributed by atoms with van der Waals surface area (Å²) in [6.45, 7) is 1.10. The molecule has 1 unspecified atom stereocenters. The Morgan fingerprint density at radius 1 is 1.29 bits per heavy atom. The van der Waals surface area contributed by atoms with E-state index in [2.05, 4.69) is 5.32 Å². The van der Waals surface area contributed by atoms with E-state index in [0.29, 0.717) is 16.8 Å². The van der Waals surface area contributed by atoms with E-state index in [1.165, 1.54) is 19.3 Å². The highest BCUT2D eigenvalue weighted by Crippen LogP contribution is 2.32. The highest BCUT2D eigenvalue weighted by molar-refractivity contribution is 6.34. The molecule has 94 valence electrons. The number of rotatable bonds is 3. The number of methoxy groups -OCH3 is 1. The smallest absolute Gasteiger partial charge is 0.138 e. The monoisotopic (exact) mass is 273 g/mol.